The first-order valence-corrected chi connectivity index (χ1v) is 5.79. The standard InChI is InChI=1S/C12H14N6/c1-18-8-15-17-11(18)7-14-12-13-6-9-4-2-3-5-10(9)16-12/h2-5,8H,6-7H2,1H3,(H2,13,14,16). The molecule has 0 saturated carbocycles. The van der Waals surface area contributed by atoms with Crippen molar-refractivity contribution >= 4 is 11.6 Å². The Morgan fingerprint density at radius 3 is 3.11 bits per heavy atom. The molecule has 1 aromatic carbocycles. The molecule has 0 atom stereocenters. The molecule has 0 unspecified atom stereocenters. The van der Waals surface area contributed by atoms with E-state index >= 15 is 0 Å². The van der Waals surface area contributed by atoms with Gasteiger partial charge >= 0.3 is 0 Å². The first-order chi connectivity index (χ1) is 8.83. The van der Waals surface area contributed by atoms with E-state index < -0.39 is 0 Å². The van der Waals surface area contributed by atoms with Gasteiger partial charge in [-0.05, 0) is 11.6 Å². The number of nitrogens with zero attached hydrogens (tertiary/aromatic N) is 4. The number of nitrogens with one attached hydrogen (secondary N) is 2. The topological polar surface area (TPSA) is 67.1 Å². The first kappa shape index (κ1) is 10.8. The molecule has 92 valence electrons. The minimum atomic E-state index is 0.602. The van der Waals surface area contributed by atoms with Crippen molar-refractivity contribution in [3.8, 4) is 0 Å². The summed E-state index contributed by atoms with van der Waals surface area (Å²) in [6.07, 6.45) is 1.68. The zero-order valence-corrected chi connectivity index (χ0v) is 10.1. The highest BCUT2D eigenvalue weighted by molar-refractivity contribution is 5.95. The van der Waals surface area contributed by atoms with Crippen molar-refractivity contribution < 1.29 is 0 Å². The van der Waals surface area contributed by atoms with Crippen LogP contribution in [0.3, 0.4) is 0 Å². The summed E-state index contributed by atoms with van der Waals surface area (Å²) < 4.78 is 1.88. The summed E-state index contributed by atoms with van der Waals surface area (Å²) in [4.78, 5) is 4.44. The minimum Gasteiger partial charge on any atom is -0.349 e. The summed E-state index contributed by atoms with van der Waals surface area (Å²) in [7, 11) is 1.92. The van der Waals surface area contributed by atoms with Gasteiger partial charge in [-0.3, -0.25) is 0 Å². The van der Waals surface area contributed by atoms with Gasteiger partial charge in [0.15, 0.2) is 11.8 Å². The molecule has 2 aromatic rings. The zero-order chi connectivity index (χ0) is 12.4. The average Bonchev–Trinajstić information content (AvgIpc) is 2.82. The second kappa shape index (κ2) is 4.48. The van der Waals surface area contributed by atoms with E-state index in [0.717, 1.165) is 17.5 Å². The van der Waals surface area contributed by atoms with Crippen molar-refractivity contribution in [2.24, 2.45) is 12.0 Å². The number of guanidine groups is 1. The van der Waals surface area contributed by atoms with Crippen LogP contribution in [0.1, 0.15) is 11.4 Å². The Balaban J connectivity index is 1.66. The number of anilines is 1. The number of benzene rings is 1. The largest absolute Gasteiger partial charge is 0.349 e. The van der Waals surface area contributed by atoms with Gasteiger partial charge in [-0.1, -0.05) is 18.2 Å². The van der Waals surface area contributed by atoms with Gasteiger partial charge in [0, 0.05) is 12.7 Å². The Kier molecular flexibility index (Phi) is 2.68. The predicted octanol–water partition coefficient (Wildman–Crippen LogP) is 0.886. The molecule has 2 heterocycles. The molecule has 1 aromatic heterocycles. The third-order valence-electron chi connectivity index (χ3n) is 2.90. The van der Waals surface area contributed by atoms with Crippen LogP contribution in [0.25, 0.3) is 0 Å². The normalized spacial score (nSPS) is 13.5. The highest BCUT2D eigenvalue weighted by Gasteiger charge is 2.10. The number of aromatic nitrogens is 3. The Labute approximate surface area is 105 Å². The lowest BCUT2D eigenvalue weighted by Gasteiger charge is -2.18. The van der Waals surface area contributed by atoms with Crippen LogP contribution in [0.15, 0.2) is 35.6 Å². The fourth-order valence-electron chi connectivity index (χ4n) is 1.84. The summed E-state index contributed by atoms with van der Waals surface area (Å²) >= 11 is 0. The third kappa shape index (κ3) is 2.04. The Morgan fingerprint density at radius 1 is 1.39 bits per heavy atom. The molecule has 0 spiro atoms. The second-order valence-electron chi connectivity index (χ2n) is 4.16. The number of hydrogen-bond donors (Lipinski definition) is 2. The Bertz CT molecular complexity index is 586. The third-order valence-corrected chi connectivity index (χ3v) is 2.90. The van der Waals surface area contributed by atoms with E-state index in [9.17, 15) is 0 Å². The summed E-state index contributed by atoms with van der Waals surface area (Å²) in [5.74, 6) is 1.65. The maximum Gasteiger partial charge on any atom is 0.196 e. The molecule has 0 bridgehead atoms. The Morgan fingerprint density at radius 2 is 2.28 bits per heavy atom. The van der Waals surface area contributed by atoms with E-state index in [-0.39, 0.29) is 0 Å². The second-order valence-corrected chi connectivity index (χ2v) is 4.16. The minimum absolute atomic E-state index is 0.602. The zero-order valence-electron chi connectivity index (χ0n) is 10.1. The van der Waals surface area contributed by atoms with Gasteiger partial charge in [-0.2, -0.15) is 0 Å². The predicted molar refractivity (Wildman–Crippen MR) is 69.0 cm³/mol. The van der Waals surface area contributed by atoms with Gasteiger partial charge in [0.25, 0.3) is 0 Å². The monoisotopic (exact) mass is 242 g/mol. The van der Waals surface area contributed by atoms with Crippen LogP contribution in [0.5, 0.6) is 0 Å². The lowest BCUT2D eigenvalue weighted by molar-refractivity contribution is 0.744. The van der Waals surface area contributed by atoms with Crippen LogP contribution in [-0.2, 0) is 20.1 Å². The molecule has 0 aliphatic carbocycles. The SMILES string of the molecule is Cn1cnnc1CNC1=NCc2ccccc2N1. The summed E-state index contributed by atoms with van der Waals surface area (Å²) in [6, 6.07) is 8.16. The highest BCUT2D eigenvalue weighted by Crippen LogP contribution is 2.18. The highest BCUT2D eigenvalue weighted by atomic mass is 15.3. The molecule has 6 nitrogen and oxygen atoms in total. The van der Waals surface area contributed by atoms with E-state index in [1.54, 1.807) is 6.33 Å². The van der Waals surface area contributed by atoms with E-state index in [0.29, 0.717) is 13.1 Å². The van der Waals surface area contributed by atoms with Crippen LogP contribution in [-0.4, -0.2) is 20.7 Å². The smallest absolute Gasteiger partial charge is 0.196 e. The van der Waals surface area contributed by atoms with Crippen molar-refractivity contribution in [2.45, 2.75) is 13.1 Å². The fraction of sp³-hybridized carbons (Fsp3) is 0.250. The molecule has 6 heteroatoms. The maximum absolute atomic E-state index is 4.44. The first-order valence-electron chi connectivity index (χ1n) is 5.79. The molecule has 0 fully saturated rings. The Hall–Kier alpha value is -2.37. The van der Waals surface area contributed by atoms with Crippen LogP contribution in [0.2, 0.25) is 0 Å². The molecule has 2 N–H and O–H groups in total. The number of fused-ring (bicyclic) bond motifs is 1. The van der Waals surface area contributed by atoms with Gasteiger partial charge in [0.1, 0.15) is 6.33 Å². The van der Waals surface area contributed by atoms with E-state index in [2.05, 4.69) is 31.9 Å². The number of aliphatic imine (C=N–C) groups is 1. The number of rotatable bonds is 2. The number of hydrogen-bond acceptors (Lipinski definition) is 5. The quantitative estimate of drug-likeness (QED) is 0.820. The van der Waals surface area contributed by atoms with Gasteiger partial charge in [0.2, 0.25) is 0 Å². The van der Waals surface area contributed by atoms with Crippen molar-refractivity contribution in [3.63, 3.8) is 0 Å². The van der Waals surface area contributed by atoms with Gasteiger partial charge in [-0.25, -0.2) is 4.99 Å². The van der Waals surface area contributed by atoms with Crippen LogP contribution in [0.4, 0.5) is 5.69 Å². The molecule has 1 aliphatic rings. The molecule has 0 amide bonds. The lowest BCUT2D eigenvalue weighted by Crippen LogP contribution is -2.33. The van der Waals surface area contributed by atoms with E-state index in [1.165, 1.54) is 5.56 Å². The van der Waals surface area contributed by atoms with Crippen molar-refractivity contribution in [2.75, 3.05) is 5.32 Å². The van der Waals surface area contributed by atoms with E-state index in [4.69, 9.17) is 0 Å². The van der Waals surface area contributed by atoms with Crippen LogP contribution < -0.4 is 10.6 Å². The summed E-state index contributed by atoms with van der Waals surface area (Å²) in [5, 5.41) is 14.3. The van der Waals surface area contributed by atoms with Gasteiger partial charge < -0.3 is 15.2 Å². The van der Waals surface area contributed by atoms with Crippen molar-refractivity contribution in [3.05, 3.63) is 42.0 Å². The van der Waals surface area contributed by atoms with Crippen LogP contribution >= 0.6 is 0 Å². The van der Waals surface area contributed by atoms with Gasteiger partial charge in [-0.15, -0.1) is 10.2 Å². The molecule has 3 rings (SSSR count). The molecular formula is C12H14N6. The van der Waals surface area contributed by atoms with Crippen molar-refractivity contribution in [1.82, 2.24) is 20.1 Å². The van der Waals surface area contributed by atoms with Gasteiger partial charge in [0.05, 0.1) is 13.1 Å². The molecule has 0 radical (unpaired) electrons. The molecule has 18 heavy (non-hydrogen) atoms. The molecular weight excluding hydrogens is 228 g/mol. The van der Waals surface area contributed by atoms with E-state index in [1.807, 2.05) is 29.8 Å². The van der Waals surface area contributed by atoms with Crippen molar-refractivity contribution in [1.29, 1.82) is 0 Å². The summed E-state index contributed by atoms with van der Waals surface area (Å²) in [5.41, 5.74) is 2.31. The van der Waals surface area contributed by atoms with Crippen LogP contribution in [0, 0.1) is 0 Å². The fourth-order valence-corrected chi connectivity index (χ4v) is 1.84. The average molecular weight is 242 g/mol. The maximum atomic E-state index is 4.44. The number of aryl methyl sites for hydroxylation is 1. The molecule has 1 aliphatic heterocycles. The number of para-hydroxylation sites is 1. The lowest BCUT2D eigenvalue weighted by atomic mass is 10.1. The summed E-state index contributed by atoms with van der Waals surface area (Å²) in [6.45, 7) is 1.30. The molecule has 0 saturated heterocycles.